The maximum atomic E-state index is 16.2. The van der Waals surface area contributed by atoms with Gasteiger partial charge in [-0.05, 0) is 101 Å². The van der Waals surface area contributed by atoms with Crippen LogP contribution in [0.2, 0.25) is 5.02 Å². The molecule has 426 valence electrons. The first kappa shape index (κ1) is 59.9. The van der Waals surface area contributed by atoms with Crippen molar-refractivity contribution in [3.63, 3.8) is 0 Å². The summed E-state index contributed by atoms with van der Waals surface area (Å²) in [6, 6.07) is 14.6. The zero-order valence-electron chi connectivity index (χ0n) is 44.0. The number of hydrogen-bond acceptors (Lipinski definition) is 13. The quantitative estimate of drug-likeness (QED) is 0.0391. The molecule has 2 aromatic carbocycles. The molecule has 5 heterocycles. The number of alkyl halides is 6. The summed E-state index contributed by atoms with van der Waals surface area (Å²) < 4.78 is 118. The monoisotopic (exact) mass is 1130 g/mol. The fraction of sp³-hybridized carbons (Fsp3) is 0.481. The van der Waals surface area contributed by atoms with E-state index in [0.29, 0.717) is 68.2 Å². The second-order valence-electron chi connectivity index (χ2n) is 20.7. The number of anilines is 1. The van der Waals surface area contributed by atoms with Gasteiger partial charge in [-0.3, -0.25) is 24.9 Å². The molecule has 3 aliphatic rings. The second-order valence-corrected chi connectivity index (χ2v) is 21.1. The van der Waals surface area contributed by atoms with E-state index < -0.39 is 90.4 Å². The van der Waals surface area contributed by atoms with Crippen LogP contribution >= 0.6 is 11.6 Å². The van der Waals surface area contributed by atoms with Gasteiger partial charge >= 0.3 is 24.5 Å². The van der Waals surface area contributed by atoms with Crippen molar-refractivity contribution >= 4 is 41.4 Å². The highest BCUT2D eigenvalue weighted by atomic mass is 35.5. The number of halogens is 8. The highest BCUT2D eigenvalue weighted by molar-refractivity contribution is 6.31. The van der Waals surface area contributed by atoms with Crippen LogP contribution in [-0.2, 0) is 36.8 Å². The Morgan fingerprint density at radius 3 is 2.04 bits per heavy atom. The molecule has 0 spiro atoms. The van der Waals surface area contributed by atoms with E-state index in [4.69, 9.17) is 26.1 Å². The molecular formula is C54H61ClF7N9O8. The molecule has 0 saturated carbocycles. The number of aliphatic hydroxyl groups excluding tert-OH is 1. The molecule has 2 aromatic heterocycles. The summed E-state index contributed by atoms with van der Waals surface area (Å²) in [4.78, 5) is 66.8. The highest BCUT2D eigenvalue weighted by Crippen LogP contribution is 2.43. The Labute approximate surface area is 456 Å². The van der Waals surface area contributed by atoms with Crippen molar-refractivity contribution in [2.45, 2.75) is 108 Å². The van der Waals surface area contributed by atoms with Crippen LogP contribution in [0.1, 0.15) is 62.8 Å². The van der Waals surface area contributed by atoms with Crippen molar-refractivity contribution in [1.29, 1.82) is 0 Å². The van der Waals surface area contributed by atoms with E-state index in [2.05, 4.69) is 42.1 Å². The number of nitrogens with one attached hydrogen (secondary N) is 4. The Kier molecular flexibility index (Phi) is 18.7. The van der Waals surface area contributed by atoms with Gasteiger partial charge < -0.3 is 40.2 Å². The third-order valence-electron chi connectivity index (χ3n) is 14.5. The zero-order valence-corrected chi connectivity index (χ0v) is 44.7. The summed E-state index contributed by atoms with van der Waals surface area (Å²) in [7, 11) is 1.90. The molecule has 4 aromatic rings. The van der Waals surface area contributed by atoms with Crippen LogP contribution in [0.15, 0.2) is 79.1 Å². The lowest BCUT2D eigenvalue weighted by Gasteiger charge is -2.47. The Morgan fingerprint density at radius 2 is 1.49 bits per heavy atom. The predicted octanol–water partition coefficient (Wildman–Crippen LogP) is 6.94. The number of fused-ring (bicyclic) bond motifs is 2. The lowest BCUT2D eigenvalue weighted by molar-refractivity contribution is -0.239. The van der Waals surface area contributed by atoms with Crippen molar-refractivity contribution in [2.75, 3.05) is 51.9 Å². The van der Waals surface area contributed by atoms with E-state index in [0.717, 1.165) is 70.2 Å². The molecular weight excluding hydrogens is 1070 g/mol. The topological polar surface area (TPSA) is 200 Å². The van der Waals surface area contributed by atoms with Gasteiger partial charge in [-0.25, -0.2) is 24.0 Å². The van der Waals surface area contributed by atoms with Gasteiger partial charge in [0.1, 0.15) is 23.1 Å². The summed E-state index contributed by atoms with van der Waals surface area (Å²) in [5, 5.41) is 18.9. The number of pyridine rings is 2. The number of carbonyl (C=O) groups excluding carboxylic acids is 4. The van der Waals surface area contributed by atoms with E-state index in [1.807, 2.05) is 22.8 Å². The molecule has 3 aliphatic heterocycles. The number of hydrazine groups is 1. The Bertz CT molecular complexity index is 2830. The summed E-state index contributed by atoms with van der Waals surface area (Å²) in [6.07, 6.45) is -12.8. The average molecular weight is 1130 g/mol. The molecule has 3 fully saturated rings. The number of ether oxygens (including phenoxy) is 3. The van der Waals surface area contributed by atoms with Gasteiger partial charge in [0.15, 0.2) is 6.10 Å². The molecule has 0 aliphatic carbocycles. The van der Waals surface area contributed by atoms with E-state index in [9.17, 15) is 50.6 Å². The van der Waals surface area contributed by atoms with Crippen LogP contribution in [0, 0.1) is 28.5 Å². The molecule has 2 bridgehead atoms. The fourth-order valence-electron chi connectivity index (χ4n) is 9.53. The number of methoxy groups -OCH3 is 1. The third kappa shape index (κ3) is 14.2. The number of carbonyl (C=O) groups is 4. The van der Waals surface area contributed by atoms with Crippen LogP contribution in [0.4, 0.5) is 46.1 Å². The third-order valence-corrected chi connectivity index (χ3v) is 14.9. The summed E-state index contributed by atoms with van der Waals surface area (Å²) in [6.45, 7) is 3.99. The number of rotatable bonds is 18. The lowest BCUT2D eigenvalue weighted by atomic mass is 9.82. The largest absolute Gasteiger partial charge is 0.453 e. The predicted molar refractivity (Wildman–Crippen MR) is 275 cm³/mol. The Morgan fingerprint density at radius 1 is 0.848 bits per heavy atom. The van der Waals surface area contributed by atoms with Crippen molar-refractivity contribution < 1.29 is 69.2 Å². The molecule has 79 heavy (non-hydrogen) atoms. The molecule has 5 N–H and O–H groups in total. The van der Waals surface area contributed by atoms with Gasteiger partial charge in [-0.1, -0.05) is 41.6 Å². The SMILES string of the molecule is CNC(=O)O[C@H](C(=O)NN(Cc1c(F)cc(-c2ccccn2)cc1Cl)C[C@H](O)[C@H](Cc1ccc(C#Cc2ccc(N3C[C@@H]4CC[C@@H](C3)N4C3COC3)nc2)cc1)NC(=O)[C@@H](NC(=O)OC)C(C)(C)C(F)(F)F)C(C)(C)C(F)(F)F. The average Bonchev–Trinajstić information content (AvgIpc) is 3.81. The summed E-state index contributed by atoms with van der Waals surface area (Å²) >= 11 is 6.62. The smallest absolute Gasteiger partial charge is 0.407 e. The molecule has 17 nitrogen and oxygen atoms in total. The van der Waals surface area contributed by atoms with Crippen LogP contribution in [0.25, 0.3) is 11.3 Å². The molecule has 25 heteroatoms. The minimum atomic E-state index is -5.18. The van der Waals surface area contributed by atoms with E-state index in [-0.39, 0.29) is 22.6 Å². The molecule has 7 rings (SSSR count). The zero-order chi connectivity index (χ0) is 57.6. The minimum Gasteiger partial charge on any atom is -0.453 e. The van der Waals surface area contributed by atoms with Gasteiger partial charge in [0, 0.05) is 85.0 Å². The normalized spacial score (nSPS) is 18.5. The second kappa shape index (κ2) is 24.7. The number of hydrogen-bond donors (Lipinski definition) is 5. The molecule has 0 radical (unpaired) electrons. The number of amides is 4. The Hall–Kier alpha value is -6.78. The van der Waals surface area contributed by atoms with Crippen molar-refractivity contribution in [2.24, 2.45) is 10.8 Å². The standard InChI is InChI=1S/C54H61ClF7N9O8/c1-51(2,53(57,58)59)45(67-50(76)77-6)47(73)66-42(21-32-13-10-31(11-14-32)12-15-33-16-19-44(65-24-33)69-25-35-17-18-36(26-69)71(35)37-29-78-30-37)43(72)28-70(68-48(74)46(79-49(75)63-5)52(3,4)54(60,61)62)27-38-39(55)22-34(23-40(38)56)41-9-7-8-20-64-41/h7-11,13-14,16,19-20,22-24,35-37,42-43,45-46,72H,17-18,21,25-30H2,1-6H3,(H,63,75)(H,66,73)(H,67,76)(H,68,74)/t35-,36-,42-,43-,45+,46+/m0/s1. The van der Waals surface area contributed by atoms with Crippen LogP contribution < -0.4 is 26.3 Å². The number of benzene rings is 2. The number of nitrogens with zero attached hydrogens (tertiary/aromatic N) is 5. The molecule has 0 unspecified atom stereocenters. The molecule has 6 atom stereocenters. The fourth-order valence-corrected chi connectivity index (χ4v) is 9.80. The number of alkyl carbamates (subject to hydrolysis) is 2. The van der Waals surface area contributed by atoms with Crippen LogP contribution in [-0.4, -0.2) is 151 Å². The first-order valence-electron chi connectivity index (χ1n) is 25.2. The summed E-state index contributed by atoms with van der Waals surface area (Å²) in [5.74, 6) is 2.90. The minimum absolute atomic E-state index is 0.211. The summed E-state index contributed by atoms with van der Waals surface area (Å²) in [5.41, 5.74) is -2.24. The van der Waals surface area contributed by atoms with Gasteiger partial charge in [0.05, 0.1) is 49.6 Å². The maximum Gasteiger partial charge on any atom is 0.407 e. The number of aliphatic hydroxyl groups is 1. The first-order valence-corrected chi connectivity index (χ1v) is 25.5. The van der Waals surface area contributed by atoms with Crippen molar-refractivity contribution in [3.8, 4) is 23.1 Å². The van der Waals surface area contributed by atoms with Gasteiger partial charge in [0.2, 0.25) is 5.91 Å². The lowest BCUT2D eigenvalue weighted by Crippen LogP contribution is -2.62. The van der Waals surface area contributed by atoms with Crippen LogP contribution in [0.3, 0.4) is 0 Å². The number of aromatic nitrogens is 2. The van der Waals surface area contributed by atoms with Crippen molar-refractivity contribution in [3.05, 3.63) is 112 Å². The molecule has 3 saturated heterocycles. The van der Waals surface area contributed by atoms with E-state index in [1.165, 1.54) is 12.3 Å². The number of piperazine rings is 1. The first-order chi connectivity index (χ1) is 37.2. The van der Waals surface area contributed by atoms with Crippen LogP contribution in [0.5, 0.6) is 0 Å². The highest BCUT2D eigenvalue weighted by Gasteiger charge is 2.58. The van der Waals surface area contributed by atoms with Gasteiger partial charge in [0.25, 0.3) is 5.91 Å². The molecule has 4 amide bonds. The van der Waals surface area contributed by atoms with Gasteiger partial charge in [-0.15, -0.1) is 0 Å². The van der Waals surface area contributed by atoms with Crippen molar-refractivity contribution in [1.82, 2.24) is 41.3 Å². The van der Waals surface area contributed by atoms with E-state index in [1.54, 1.807) is 48.7 Å². The Balaban J connectivity index is 1.17. The van der Waals surface area contributed by atoms with E-state index >= 15 is 4.39 Å². The maximum absolute atomic E-state index is 16.2. The van der Waals surface area contributed by atoms with Gasteiger partial charge in [-0.2, -0.15) is 26.3 Å².